The standard InChI is InChI=1S/C19H23O/c1-20-18-11-5-6-14-19(18)15-7-10-17(19)13-12-16-8-3-2-4-9-16/h2-4,8-9,18H,5-7,10-11,14-15H2,1H3/q+1. The molecule has 104 valence electrons. The molecule has 2 aliphatic rings. The van der Waals surface area contributed by atoms with Crippen LogP contribution >= 0.6 is 0 Å². The minimum atomic E-state index is 0.259. The summed E-state index contributed by atoms with van der Waals surface area (Å²) in [6.07, 6.45) is 9.20. The minimum Gasteiger partial charge on any atom is -0.379 e. The van der Waals surface area contributed by atoms with Gasteiger partial charge in [-0.3, -0.25) is 0 Å². The summed E-state index contributed by atoms with van der Waals surface area (Å²) in [7, 11) is 1.87. The molecule has 0 saturated heterocycles. The van der Waals surface area contributed by atoms with E-state index in [0.29, 0.717) is 6.10 Å². The number of rotatable bonds is 1. The SMILES string of the molecule is COC1CCCCC12CCC[C+]2C#Cc1ccccc1. The van der Waals surface area contributed by atoms with Crippen molar-refractivity contribution in [1.29, 1.82) is 0 Å². The first-order valence-corrected chi connectivity index (χ1v) is 7.81. The summed E-state index contributed by atoms with van der Waals surface area (Å²) in [6, 6.07) is 10.3. The van der Waals surface area contributed by atoms with Crippen LogP contribution in [-0.2, 0) is 4.74 Å². The molecular weight excluding hydrogens is 244 g/mol. The van der Waals surface area contributed by atoms with Crippen molar-refractivity contribution in [2.45, 2.75) is 51.0 Å². The molecule has 0 bridgehead atoms. The van der Waals surface area contributed by atoms with Crippen LogP contribution in [0.15, 0.2) is 30.3 Å². The minimum absolute atomic E-state index is 0.259. The molecule has 1 heteroatoms. The Bertz CT molecular complexity index is 495. The summed E-state index contributed by atoms with van der Waals surface area (Å²) in [4.78, 5) is 0. The molecule has 2 saturated carbocycles. The molecule has 1 spiro atoms. The molecule has 2 unspecified atom stereocenters. The molecule has 0 heterocycles. The molecule has 3 rings (SSSR count). The van der Waals surface area contributed by atoms with E-state index in [1.807, 2.05) is 13.2 Å². The van der Waals surface area contributed by atoms with Gasteiger partial charge in [-0.25, -0.2) is 0 Å². The van der Waals surface area contributed by atoms with Crippen LogP contribution in [0, 0.1) is 23.2 Å². The fourth-order valence-corrected chi connectivity index (χ4v) is 4.02. The van der Waals surface area contributed by atoms with Crippen LogP contribution in [0.1, 0.15) is 50.5 Å². The van der Waals surface area contributed by atoms with Crippen LogP contribution in [-0.4, -0.2) is 13.2 Å². The first-order valence-electron chi connectivity index (χ1n) is 7.81. The van der Waals surface area contributed by atoms with E-state index in [9.17, 15) is 0 Å². The number of hydrogen-bond acceptors (Lipinski definition) is 1. The van der Waals surface area contributed by atoms with E-state index in [1.165, 1.54) is 50.9 Å². The highest BCUT2D eigenvalue weighted by Crippen LogP contribution is 2.54. The molecule has 1 nitrogen and oxygen atoms in total. The van der Waals surface area contributed by atoms with Crippen molar-refractivity contribution in [1.82, 2.24) is 0 Å². The van der Waals surface area contributed by atoms with E-state index < -0.39 is 0 Å². The summed E-state index contributed by atoms with van der Waals surface area (Å²) in [5.41, 5.74) is 1.38. The summed E-state index contributed by atoms with van der Waals surface area (Å²) >= 11 is 0. The molecule has 0 aliphatic heterocycles. The molecule has 1 aromatic carbocycles. The van der Waals surface area contributed by atoms with Crippen molar-refractivity contribution in [2.75, 3.05) is 7.11 Å². The van der Waals surface area contributed by atoms with Gasteiger partial charge in [0, 0.05) is 13.5 Å². The summed E-state index contributed by atoms with van der Waals surface area (Å²) in [6.45, 7) is 0. The zero-order valence-electron chi connectivity index (χ0n) is 12.3. The third-order valence-corrected chi connectivity index (χ3v) is 5.02. The average molecular weight is 267 g/mol. The van der Waals surface area contributed by atoms with E-state index in [4.69, 9.17) is 4.74 Å². The van der Waals surface area contributed by atoms with E-state index in [1.54, 1.807) is 0 Å². The lowest BCUT2D eigenvalue weighted by Crippen LogP contribution is -2.41. The fourth-order valence-electron chi connectivity index (χ4n) is 4.02. The van der Waals surface area contributed by atoms with Crippen LogP contribution in [0.3, 0.4) is 0 Å². The van der Waals surface area contributed by atoms with E-state index in [2.05, 4.69) is 36.1 Å². The molecule has 20 heavy (non-hydrogen) atoms. The van der Waals surface area contributed by atoms with Gasteiger partial charge in [0.1, 0.15) is 17.4 Å². The third kappa shape index (κ3) is 2.45. The van der Waals surface area contributed by atoms with E-state index in [-0.39, 0.29) is 5.41 Å². The Morgan fingerprint density at radius 3 is 2.75 bits per heavy atom. The molecule has 1 aromatic rings. The Balaban J connectivity index is 1.83. The Morgan fingerprint density at radius 2 is 1.95 bits per heavy atom. The predicted octanol–water partition coefficient (Wildman–Crippen LogP) is 4.37. The molecule has 2 atom stereocenters. The average Bonchev–Trinajstić information content (AvgIpc) is 2.90. The number of benzene rings is 1. The Labute approximate surface area is 122 Å². The molecule has 0 radical (unpaired) electrons. The normalized spacial score (nSPS) is 29.2. The van der Waals surface area contributed by atoms with Gasteiger partial charge >= 0.3 is 0 Å². The van der Waals surface area contributed by atoms with Gasteiger partial charge in [0.15, 0.2) is 5.92 Å². The highest BCUT2D eigenvalue weighted by Gasteiger charge is 2.54. The van der Waals surface area contributed by atoms with Gasteiger partial charge in [-0.15, -0.1) is 0 Å². The highest BCUT2D eigenvalue weighted by atomic mass is 16.5. The first kappa shape index (κ1) is 13.6. The first-order chi connectivity index (χ1) is 9.85. The Hall–Kier alpha value is -1.39. The fraction of sp³-hybridized carbons (Fsp3) is 0.526. The van der Waals surface area contributed by atoms with Crippen LogP contribution in [0.4, 0.5) is 0 Å². The number of ether oxygens (including phenoxy) is 1. The van der Waals surface area contributed by atoms with Gasteiger partial charge in [0.05, 0.1) is 11.5 Å². The molecular formula is C19H23O+. The Morgan fingerprint density at radius 1 is 1.15 bits per heavy atom. The molecule has 2 fully saturated rings. The van der Waals surface area contributed by atoms with Crippen molar-refractivity contribution in [3.8, 4) is 11.8 Å². The second-order valence-corrected chi connectivity index (χ2v) is 6.07. The van der Waals surface area contributed by atoms with Crippen LogP contribution in [0.5, 0.6) is 0 Å². The predicted molar refractivity (Wildman–Crippen MR) is 82.1 cm³/mol. The van der Waals surface area contributed by atoms with E-state index in [0.717, 1.165) is 5.56 Å². The van der Waals surface area contributed by atoms with E-state index >= 15 is 0 Å². The lowest BCUT2D eigenvalue weighted by molar-refractivity contribution is -0.0262. The van der Waals surface area contributed by atoms with Crippen molar-refractivity contribution in [3.05, 3.63) is 41.8 Å². The number of hydrogen-bond donors (Lipinski definition) is 0. The third-order valence-electron chi connectivity index (χ3n) is 5.02. The summed E-state index contributed by atoms with van der Waals surface area (Å²) in [5, 5.41) is 0. The highest BCUT2D eigenvalue weighted by molar-refractivity contribution is 5.41. The maximum atomic E-state index is 5.82. The second-order valence-electron chi connectivity index (χ2n) is 6.07. The molecule has 0 aromatic heterocycles. The zero-order valence-corrected chi connectivity index (χ0v) is 12.3. The van der Waals surface area contributed by atoms with Crippen LogP contribution in [0.2, 0.25) is 0 Å². The van der Waals surface area contributed by atoms with Gasteiger partial charge < -0.3 is 4.74 Å². The maximum Gasteiger partial charge on any atom is 0.160 e. The topological polar surface area (TPSA) is 9.23 Å². The smallest absolute Gasteiger partial charge is 0.160 e. The van der Waals surface area contributed by atoms with Gasteiger partial charge in [-0.05, 0) is 37.8 Å². The number of methoxy groups -OCH3 is 1. The monoisotopic (exact) mass is 267 g/mol. The quantitative estimate of drug-likeness (QED) is 0.542. The van der Waals surface area contributed by atoms with Crippen molar-refractivity contribution < 1.29 is 4.74 Å². The second kappa shape index (κ2) is 5.94. The molecule has 0 amide bonds. The van der Waals surface area contributed by atoms with Crippen LogP contribution < -0.4 is 0 Å². The molecule has 0 N–H and O–H groups in total. The lowest BCUT2D eigenvalue weighted by Gasteiger charge is -2.38. The summed E-state index contributed by atoms with van der Waals surface area (Å²) < 4.78 is 5.82. The summed E-state index contributed by atoms with van der Waals surface area (Å²) in [5.74, 6) is 8.32. The van der Waals surface area contributed by atoms with Gasteiger partial charge in [0.25, 0.3) is 0 Å². The Kier molecular flexibility index (Phi) is 4.03. The van der Waals surface area contributed by atoms with Gasteiger partial charge in [-0.1, -0.05) is 31.0 Å². The van der Waals surface area contributed by atoms with Gasteiger partial charge in [-0.2, -0.15) is 0 Å². The van der Waals surface area contributed by atoms with Crippen LogP contribution in [0.25, 0.3) is 0 Å². The maximum absolute atomic E-state index is 5.82. The largest absolute Gasteiger partial charge is 0.379 e. The molecule has 2 aliphatic carbocycles. The van der Waals surface area contributed by atoms with Crippen molar-refractivity contribution in [3.63, 3.8) is 0 Å². The zero-order chi connectivity index (χ0) is 13.8. The van der Waals surface area contributed by atoms with Crippen molar-refractivity contribution >= 4 is 0 Å². The van der Waals surface area contributed by atoms with Gasteiger partial charge in [0.2, 0.25) is 0 Å². The van der Waals surface area contributed by atoms with Crippen molar-refractivity contribution in [2.24, 2.45) is 5.41 Å². The lowest BCUT2D eigenvalue weighted by atomic mass is 9.65.